The summed E-state index contributed by atoms with van der Waals surface area (Å²) in [5.41, 5.74) is 14.0. The summed E-state index contributed by atoms with van der Waals surface area (Å²) in [5.74, 6) is 0. The van der Waals surface area contributed by atoms with Crippen LogP contribution in [0.5, 0.6) is 0 Å². The molecule has 0 fully saturated rings. The van der Waals surface area contributed by atoms with E-state index in [1.54, 1.807) is 6.20 Å². The van der Waals surface area contributed by atoms with Gasteiger partial charge >= 0.3 is 0 Å². The largest absolute Gasteiger partial charge is 0.387 e. The second kappa shape index (κ2) is 9.18. The van der Waals surface area contributed by atoms with Crippen LogP contribution in [0.2, 0.25) is 0 Å². The molecular weight excluding hydrogens is 486 g/mol. The fourth-order valence-corrected chi connectivity index (χ4v) is 6.04. The number of allylic oxidation sites excluding steroid dienone is 2. The molecule has 0 unspecified atom stereocenters. The highest BCUT2D eigenvalue weighted by atomic mass is 14.8. The van der Waals surface area contributed by atoms with E-state index in [-0.39, 0.29) is 0 Å². The molecule has 0 bridgehead atoms. The average Bonchev–Trinajstić information content (AvgIpc) is 3.37. The van der Waals surface area contributed by atoms with Gasteiger partial charge in [0.15, 0.2) is 0 Å². The first-order chi connectivity index (χ1) is 19.8. The summed E-state index contributed by atoms with van der Waals surface area (Å²) in [6, 6.07) is 37.3. The fraction of sp³-hybridized carbons (Fsp3) is 0.0270. The number of dihydropyridines is 1. The van der Waals surface area contributed by atoms with Crippen molar-refractivity contribution in [3.8, 4) is 55.8 Å². The molecule has 0 atom stereocenters. The lowest BCUT2D eigenvalue weighted by atomic mass is 9.93. The Kier molecular flexibility index (Phi) is 5.20. The number of hydrogen-bond acceptors (Lipinski definition) is 3. The van der Waals surface area contributed by atoms with Gasteiger partial charge in [-0.05, 0) is 79.5 Å². The Morgan fingerprint density at radius 3 is 2.10 bits per heavy atom. The van der Waals surface area contributed by atoms with Crippen LogP contribution in [0.25, 0.3) is 72.1 Å². The van der Waals surface area contributed by atoms with E-state index in [2.05, 4.69) is 120 Å². The van der Waals surface area contributed by atoms with Gasteiger partial charge in [-0.1, -0.05) is 91.0 Å². The molecule has 8 rings (SSSR count). The van der Waals surface area contributed by atoms with Crippen LogP contribution >= 0.6 is 0 Å². The molecule has 1 aliphatic heterocycles. The predicted octanol–water partition coefficient (Wildman–Crippen LogP) is 8.78. The molecule has 3 nitrogen and oxygen atoms in total. The van der Waals surface area contributed by atoms with Crippen molar-refractivity contribution in [2.45, 2.75) is 0 Å². The molecule has 0 spiro atoms. The second-order valence-electron chi connectivity index (χ2n) is 10.3. The Balaban J connectivity index is 1.22. The number of fused-ring (bicyclic) bond motifs is 3. The maximum atomic E-state index is 4.99. The summed E-state index contributed by atoms with van der Waals surface area (Å²) in [5, 5.41) is 5.96. The van der Waals surface area contributed by atoms with Crippen molar-refractivity contribution in [2.75, 3.05) is 6.54 Å². The smallest absolute Gasteiger partial charge is 0.0731 e. The molecule has 3 heteroatoms. The van der Waals surface area contributed by atoms with Crippen molar-refractivity contribution in [1.82, 2.24) is 15.3 Å². The number of nitrogens with zero attached hydrogens (tertiary/aromatic N) is 2. The maximum absolute atomic E-state index is 4.99. The molecule has 0 saturated heterocycles. The van der Waals surface area contributed by atoms with Gasteiger partial charge in [0.2, 0.25) is 0 Å². The van der Waals surface area contributed by atoms with E-state index < -0.39 is 0 Å². The molecular formula is C37H25N3. The van der Waals surface area contributed by atoms with Gasteiger partial charge in [0.25, 0.3) is 0 Å². The number of benzene rings is 4. The Bertz CT molecular complexity index is 1950. The van der Waals surface area contributed by atoms with Gasteiger partial charge in [0.05, 0.1) is 11.4 Å². The molecule has 0 radical (unpaired) electrons. The zero-order valence-electron chi connectivity index (χ0n) is 21.8. The third-order valence-corrected chi connectivity index (χ3v) is 7.95. The highest BCUT2D eigenvalue weighted by Crippen LogP contribution is 2.49. The van der Waals surface area contributed by atoms with Gasteiger partial charge in [-0.2, -0.15) is 0 Å². The molecule has 40 heavy (non-hydrogen) atoms. The van der Waals surface area contributed by atoms with Gasteiger partial charge < -0.3 is 5.32 Å². The molecule has 188 valence electrons. The van der Waals surface area contributed by atoms with Gasteiger partial charge in [0, 0.05) is 36.3 Å². The molecule has 2 aliphatic rings. The Morgan fingerprint density at radius 2 is 1.32 bits per heavy atom. The topological polar surface area (TPSA) is 37.8 Å². The molecule has 0 amide bonds. The van der Waals surface area contributed by atoms with Crippen molar-refractivity contribution < 1.29 is 0 Å². The van der Waals surface area contributed by atoms with Crippen LogP contribution in [0, 0.1) is 0 Å². The van der Waals surface area contributed by atoms with Crippen LogP contribution in [0.3, 0.4) is 0 Å². The predicted molar refractivity (Wildman–Crippen MR) is 165 cm³/mol. The number of pyridine rings is 2. The highest BCUT2D eigenvalue weighted by Gasteiger charge is 2.22. The van der Waals surface area contributed by atoms with Crippen LogP contribution in [-0.4, -0.2) is 16.5 Å². The van der Waals surface area contributed by atoms with Crippen LogP contribution in [0.15, 0.2) is 134 Å². The molecule has 2 aromatic heterocycles. The van der Waals surface area contributed by atoms with E-state index in [1.807, 2.05) is 18.5 Å². The van der Waals surface area contributed by atoms with Crippen LogP contribution in [0.1, 0.15) is 5.69 Å². The molecule has 6 aromatic rings. The number of rotatable bonds is 4. The Morgan fingerprint density at radius 1 is 0.575 bits per heavy atom. The number of nitrogens with one attached hydrogen (secondary N) is 1. The first-order valence-corrected chi connectivity index (χ1v) is 13.6. The van der Waals surface area contributed by atoms with E-state index in [4.69, 9.17) is 4.98 Å². The van der Waals surface area contributed by atoms with Crippen LogP contribution in [-0.2, 0) is 0 Å². The Hall–Kier alpha value is -5.28. The minimum Gasteiger partial charge on any atom is -0.387 e. The van der Waals surface area contributed by atoms with E-state index in [0.29, 0.717) is 0 Å². The van der Waals surface area contributed by atoms with E-state index in [0.717, 1.165) is 40.2 Å². The van der Waals surface area contributed by atoms with Crippen LogP contribution < -0.4 is 5.32 Å². The summed E-state index contributed by atoms with van der Waals surface area (Å²) >= 11 is 0. The minimum atomic E-state index is 0.837. The second-order valence-corrected chi connectivity index (χ2v) is 10.3. The number of aromatic nitrogens is 2. The first kappa shape index (κ1) is 22.7. The summed E-state index contributed by atoms with van der Waals surface area (Å²) in [6.45, 7) is 0.837. The van der Waals surface area contributed by atoms with Crippen molar-refractivity contribution >= 4 is 16.3 Å². The average molecular weight is 512 g/mol. The standard InChI is InChI=1S/C37H25N3/c1-2-9-31-30(8-1)33-11-3-10-32-29(16-17-34(31)37(32)33)25-14-12-24(13-15-25)28-20-35(26-6-4-18-38-22-26)40-36(21-28)27-7-5-19-39-23-27/h1-18,20-23,39H,19H2. The van der Waals surface area contributed by atoms with Crippen molar-refractivity contribution in [2.24, 2.45) is 0 Å². The number of hydrogen-bond donors (Lipinski definition) is 1. The van der Waals surface area contributed by atoms with E-state index >= 15 is 0 Å². The summed E-state index contributed by atoms with van der Waals surface area (Å²) in [6.07, 6.45) is 9.96. The molecule has 3 heterocycles. The monoisotopic (exact) mass is 511 g/mol. The summed E-state index contributed by atoms with van der Waals surface area (Å²) in [4.78, 5) is 9.32. The minimum absolute atomic E-state index is 0.837. The van der Waals surface area contributed by atoms with Gasteiger partial charge in [-0.15, -0.1) is 0 Å². The lowest BCUT2D eigenvalue weighted by molar-refractivity contribution is 0.974. The van der Waals surface area contributed by atoms with E-state index in [1.165, 1.54) is 44.2 Å². The maximum Gasteiger partial charge on any atom is 0.0731 e. The van der Waals surface area contributed by atoms with Crippen molar-refractivity contribution in [3.05, 3.63) is 140 Å². The van der Waals surface area contributed by atoms with Gasteiger partial charge in [-0.3, -0.25) is 4.98 Å². The fourth-order valence-electron chi connectivity index (χ4n) is 6.04. The lowest BCUT2D eigenvalue weighted by Gasteiger charge is -2.14. The van der Waals surface area contributed by atoms with Crippen molar-refractivity contribution in [3.63, 3.8) is 0 Å². The molecule has 4 aromatic carbocycles. The third kappa shape index (κ3) is 3.67. The molecule has 0 saturated carbocycles. The quantitative estimate of drug-likeness (QED) is 0.257. The first-order valence-electron chi connectivity index (χ1n) is 13.6. The molecule has 1 N–H and O–H groups in total. The third-order valence-electron chi connectivity index (χ3n) is 7.95. The van der Waals surface area contributed by atoms with E-state index in [9.17, 15) is 0 Å². The Labute approximate surface area is 233 Å². The highest BCUT2D eigenvalue weighted by molar-refractivity contribution is 6.18. The van der Waals surface area contributed by atoms with Gasteiger partial charge in [0.1, 0.15) is 0 Å². The summed E-state index contributed by atoms with van der Waals surface area (Å²) < 4.78 is 0. The molecule has 1 aliphatic carbocycles. The van der Waals surface area contributed by atoms with Gasteiger partial charge in [-0.25, -0.2) is 4.98 Å². The van der Waals surface area contributed by atoms with Crippen LogP contribution in [0.4, 0.5) is 0 Å². The lowest BCUT2D eigenvalue weighted by Crippen LogP contribution is -2.09. The SMILES string of the molecule is C1=CC(c2cc(-c3ccc(-c4ccc5c6c(cccc46)-c4ccccc4-5)cc3)cc(-c3cccnc3)n2)=CNC1. The summed E-state index contributed by atoms with van der Waals surface area (Å²) in [7, 11) is 0. The normalized spacial score (nSPS) is 13.2. The van der Waals surface area contributed by atoms with Crippen molar-refractivity contribution in [1.29, 1.82) is 0 Å². The zero-order valence-corrected chi connectivity index (χ0v) is 21.8. The zero-order chi connectivity index (χ0) is 26.5.